The molecule has 9 heteroatoms. The monoisotopic (exact) mass is 350 g/mol. The van der Waals surface area contributed by atoms with Gasteiger partial charge >= 0.3 is 0 Å². The van der Waals surface area contributed by atoms with Crippen molar-refractivity contribution in [3.8, 4) is 0 Å². The summed E-state index contributed by atoms with van der Waals surface area (Å²) in [5.74, 6) is -0.224. The zero-order valence-electron chi connectivity index (χ0n) is 13.0. The molecular weight excluding hydrogens is 328 g/mol. The van der Waals surface area contributed by atoms with Crippen LogP contribution in [0.4, 0.5) is 0 Å². The van der Waals surface area contributed by atoms with Crippen molar-refractivity contribution < 1.29 is 13.2 Å². The summed E-state index contributed by atoms with van der Waals surface area (Å²) in [5.41, 5.74) is 0.349. The number of amides is 1. The smallest absolute Gasteiger partial charge is 0.269 e. The van der Waals surface area contributed by atoms with E-state index in [1.54, 1.807) is 21.1 Å². The van der Waals surface area contributed by atoms with Crippen LogP contribution in [-0.4, -0.2) is 57.0 Å². The highest BCUT2D eigenvalue weighted by Gasteiger charge is 2.25. The van der Waals surface area contributed by atoms with Gasteiger partial charge in [0.05, 0.1) is 0 Å². The van der Waals surface area contributed by atoms with E-state index in [1.807, 2.05) is 0 Å². The fraction of sp³-hybridized carbons (Fsp3) is 0.615. The molecule has 1 aliphatic rings. The molecule has 0 aromatic carbocycles. The molecule has 1 unspecified atom stereocenters. The number of piperidine rings is 1. The Morgan fingerprint density at radius 3 is 2.68 bits per heavy atom. The summed E-state index contributed by atoms with van der Waals surface area (Å²) in [6.45, 7) is 1.56. The highest BCUT2D eigenvalue weighted by atomic mass is 35.5. The molecule has 1 atom stereocenters. The highest BCUT2D eigenvalue weighted by Crippen LogP contribution is 2.16. The van der Waals surface area contributed by atoms with Gasteiger partial charge in [0, 0.05) is 39.9 Å². The first kappa shape index (κ1) is 19.0. The van der Waals surface area contributed by atoms with Crippen molar-refractivity contribution in [1.82, 2.24) is 19.5 Å². The molecule has 0 bridgehead atoms. The Balaban J connectivity index is 0.00000242. The van der Waals surface area contributed by atoms with E-state index in [4.69, 9.17) is 0 Å². The van der Waals surface area contributed by atoms with Crippen LogP contribution in [0.25, 0.3) is 0 Å². The van der Waals surface area contributed by atoms with E-state index < -0.39 is 10.0 Å². The van der Waals surface area contributed by atoms with E-state index in [2.05, 4.69) is 10.0 Å². The van der Waals surface area contributed by atoms with Gasteiger partial charge in [-0.2, -0.15) is 0 Å². The third-order valence-corrected chi connectivity index (χ3v) is 5.02. The van der Waals surface area contributed by atoms with Crippen molar-refractivity contribution in [1.29, 1.82) is 0 Å². The molecule has 2 N–H and O–H groups in total. The summed E-state index contributed by atoms with van der Waals surface area (Å²) < 4.78 is 29.0. The standard InChI is InChI=1S/C13H22N4O3S.ClH/c1-16(2)13(18)12-7-11(9-17(12)3)21(19,20)15-10-5-4-6-14-8-10;/h7,9-10,14-15H,4-6,8H2,1-3H3;1H. The van der Waals surface area contributed by atoms with Gasteiger partial charge in [-0.15, -0.1) is 12.4 Å². The molecule has 7 nitrogen and oxygen atoms in total. The van der Waals surface area contributed by atoms with Gasteiger partial charge in [0.25, 0.3) is 5.91 Å². The molecule has 0 radical (unpaired) electrons. The fourth-order valence-electron chi connectivity index (χ4n) is 2.36. The van der Waals surface area contributed by atoms with Crippen molar-refractivity contribution in [2.45, 2.75) is 23.8 Å². The van der Waals surface area contributed by atoms with Crippen molar-refractivity contribution >= 4 is 28.3 Å². The number of nitrogens with zero attached hydrogens (tertiary/aromatic N) is 2. The fourth-order valence-corrected chi connectivity index (χ4v) is 3.70. The van der Waals surface area contributed by atoms with Crippen LogP contribution in [0, 0.1) is 0 Å². The molecule has 1 aliphatic heterocycles. The van der Waals surface area contributed by atoms with Crippen LogP contribution < -0.4 is 10.0 Å². The zero-order valence-corrected chi connectivity index (χ0v) is 14.6. The summed E-state index contributed by atoms with van der Waals surface area (Å²) in [4.78, 5) is 13.5. The lowest BCUT2D eigenvalue weighted by Gasteiger charge is -2.23. The molecular formula is C13H23ClN4O3S. The van der Waals surface area contributed by atoms with Crippen LogP contribution in [0.3, 0.4) is 0 Å². The number of nitrogens with one attached hydrogen (secondary N) is 2. The molecule has 1 amide bonds. The number of aryl methyl sites for hydroxylation is 1. The lowest BCUT2D eigenvalue weighted by atomic mass is 10.1. The zero-order chi connectivity index (χ0) is 15.6. The highest BCUT2D eigenvalue weighted by molar-refractivity contribution is 7.89. The molecule has 2 rings (SSSR count). The second kappa shape index (κ2) is 7.45. The summed E-state index contributed by atoms with van der Waals surface area (Å²) in [6.07, 6.45) is 3.24. The number of aromatic nitrogens is 1. The van der Waals surface area contributed by atoms with Gasteiger partial charge in [-0.1, -0.05) is 0 Å². The van der Waals surface area contributed by atoms with Gasteiger partial charge in [-0.25, -0.2) is 13.1 Å². The molecule has 22 heavy (non-hydrogen) atoms. The Morgan fingerprint density at radius 1 is 1.45 bits per heavy atom. The Kier molecular flexibility index (Phi) is 6.42. The van der Waals surface area contributed by atoms with Gasteiger partial charge < -0.3 is 14.8 Å². The molecule has 1 fully saturated rings. The van der Waals surface area contributed by atoms with E-state index in [-0.39, 0.29) is 29.3 Å². The number of hydrogen-bond acceptors (Lipinski definition) is 4. The van der Waals surface area contributed by atoms with E-state index in [0.29, 0.717) is 12.2 Å². The quantitative estimate of drug-likeness (QED) is 0.811. The van der Waals surface area contributed by atoms with Crippen LogP contribution in [0.5, 0.6) is 0 Å². The third kappa shape index (κ3) is 4.22. The first-order valence-corrected chi connectivity index (χ1v) is 8.40. The maximum absolute atomic E-state index is 12.4. The minimum Gasteiger partial charge on any atom is -0.345 e. The Hall–Kier alpha value is -1.09. The van der Waals surface area contributed by atoms with Gasteiger partial charge in [0.2, 0.25) is 10.0 Å². The van der Waals surface area contributed by atoms with Crippen molar-refractivity contribution in [2.75, 3.05) is 27.2 Å². The van der Waals surface area contributed by atoms with Gasteiger partial charge in [0.15, 0.2) is 0 Å². The first-order valence-electron chi connectivity index (χ1n) is 6.92. The van der Waals surface area contributed by atoms with Gasteiger partial charge in [-0.3, -0.25) is 4.79 Å². The molecule has 1 saturated heterocycles. The normalized spacial score (nSPS) is 18.6. The average Bonchev–Trinajstić information content (AvgIpc) is 2.81. The molecule has 126 valence electrons. The molecule has 2 heterocycles. The minimum absolute atomic E-state index is 0. The largest absolute Gasteiger partial charge is 0.345 e. The summed E-state index contributed by atoms with van der Waals surface area (Å²) >= 11 is 0. The van der Waals surface area contributed by atoms with E-state index in [0.717, 1.165) is 19.4 Å². The van der Waals surface area contributed by atoms with Crippen LogP contribution in [-0.2, 0) is 17.1 Å². The number of halogens is 1. The van der Waals surface area contributed by atoms with Crippen LogP contribution in [0.2, 0.25) is 0 Å². The van der Waals surface area contributed by atoms with Crippen LogP contribution in [0.15, 0.2) is 17.2 Å². The third-order valence-electron chi connectivity index (χ3n) is 3.53. The van der Waals surface area contributed by atoms with Crippen molar-refractivity contribution in [2.24, 2.45) is 7.05 Å². The minimum atomic E-state index is -3.60. The second-order valence-corrected chi connectivity index (χ2v) is 7.25. The number of rotatable bonds is 4. The average molecular weight is 351 g/mol. The van der Waals surface area contributed by atoms with Crippen LogP contribution in [0.1, 0.15) is 23.3 Å². The maximum Gasteiger partial charge on any atom is 0.269 e. The number of sulfonamides is 1. The maximum atomic E-state index is 12.4. The lowest BCUT2D eigenvalue weighted by molar-refractivity contribution is 0.0818. The van der Waals surface area contributed by atoms with E-state index in [9.17, 15) is 13.2 Å². The summed E-state index contributed by atoms with van der Waals surface area (Å²) in [5, 5.41) is 3.17. The van der Waals surface area contributed by atoms with Crippen molar-refractivity contribution in [3.05, 3.63) is 18.0 Å². The van der Waals surface area contributed by atoms with Gasteiger partial charge in [0.1, 0.15) is 10.6 Å². The first-order chi connectivity index (χ1) is 9.81. The molecule has 1 aromatic rings. The Morgan fingerprint density at radius 2 is 2.14 bits per heavy atom. The SMILES string of the molecule is CN(C)C(=O)c1cc(S(=O)(=O)NC2CCCNC2)cn1C.Cl. The molecule has 0 aliphatic carbocycles. The van der Waals surface area contributed by atoms with Crippen LogP contribution >= 0.6 is 12.4 Å². The topological polar surface area (TPSA) is 83.4 Å². The Labute approximate surface area is 137 Å². The summed E-state index contributed by atoms with van der Waals surface area (Å²) in [6, 6.07) is 1.32. The van der Waals surface area contributed by atoms with Crippen molar-refractivity contribution in [3.63, 3.8) is 0 Å². The molecule has 0 spiro atoms. The van der Waals surface area contributed by atoms with E-state index in [1.165, 1.54) is 21.7 Å². The van der Waals surface area contributed by atoms with Gasteiger partial charge in [-0.05, 0) is 25.5 Å². The lowest BCUT2D eigenvalue weighted by Crippen LogP contribution is -2.45. The Bertz CT molecular complexity index is 621. The number of carbonyl (C=O) groups excluding carboxylic acids is 1. The summed E-state index contributed by atoms with van der Waals surface area (Å²) in [7, 11) is 1.33. The predicted molar refractivity (Wildman–Crippen MR) is 86.9 cm³/mol. The predicted octanol–water partition coefficient (Wildman–Crippen LogP) is 0.179. The number of carbonyl (C=O) groups is 1. The number of hydrogen-bond donors (Lipinski definition) is 2. The van der Waals surface area contributed by atoms with E-state index >= 15 is 0 Å². The second-order valence-electron chi connectivity index (χ2n) is 5.54. The molecule has 1 aromatic heterocycles. The molecule has 0 saturated carbocycles.